The van der Waals surface area contributed by atoms with E-state index in [1.54, 1.807) is 0 Å². The van der Waals surface area contributed by atoms with Crippen LogP contribution in [0.5, 0.6) is 0 Å². The molecule has 0 aliphatic carbocycles. The molecule has 0 N–H and O–H groups in total. The maximum Gasteiger partial charge on any atom is 0.429 e. The summed E-state index contributed by atoms with van der Waals surface area (Å²) in [5.74, 6) is -0.632. The largest absolute Gasteiger partial charge is 0.429 e. The quantitative estimate of drug-likeness (QED) is 0.540. The molecule has 82 valence electrons. The minimum atomic E-state index is -4.49. The number of halogens is 5. The fourth-order valence-corrected chi connectivity index (χ4v) is 1.15. The molecule has 0 atom stereocenters. The second kappa shape index (κ2) is 4.30. The van der Waals surface area contributed by atoms with Gasteiger partial charge < -0.3 is 0 Å². The standard InChI is InChI=1S/C9H6BrF4N/c1-5(9(12,13)14)15-8-4-6(11)2-3-7(8)10/h2-4H,1H3. The predicted molar refractivity (Wildman–Crippen MR) is 52.9 cm³/mol. The molecule has 1 aromatic carbocycles. The lowest BCUT2D eigenvalue weighted by Gasteiger charge is -2.06. The third-order valence-corrected chi connectivity index (χ3v) is 2.28. The van der Waals surface area contributed by atoms with Crippen LogP contribution in [-0.2, 0) is 0 Å². The Bertz CT molecular complexity index is 398. The van der Waals surface area contributed by atoms with Crippen LogP contribution in [-0.4, -0.2) is 11.9 Å². The van der Waals surface area contributed by atoms with Crippen LogP contribution >= 0.6 is 15.9 Å². The van der Waals surface area contributed by atoms with E-state index in [0.29, 0.717) is 4.47 Å². The topological polar surface area (TPSA) is 12.4 Å². The average molecular weight is 284 g/mol. The van der Waals surface area contributed by atoms with Gasteiger partial charge in [-0.3, -0.25) is 0 Å². The molecule has 1 rings (SSSR count). The van der Waals surface area contributed by atoms with E-state index in [1.807, 2.05) is 0 Å². The third-order valence-electron chi connectivity index (χ3n) is 1.61. The average Bonchev–Trinajstić information content (AvgIpc) is 2.09. The Labute approximate surface area is 92.0 Å². The van der Waals surface area contributed by atoms with Gasteiger partial charge in [0.1, 0.15) is 11.5 Å². The van der Waals surface area contributed by atoms with E-state index in [2.05, 4.69) is 20.9 Å². The Morgan fingerprint density at radius 3 is 2.47 bits per heavy atom. The van der Waals surface area contributed by atoms with Crippen molar-refractivity contribution in [2.45, 2.75) is 13.1 Å². The molecule has 0 radical (unpaired) electrons. The van der Waals surface area contributed by atoms with Gasteiger partial charge in [-0.1, -0.05) is 0 Å². The molecule has 6 heteroatoms. The van der Waals surface area contributed by atoms with E-state index >= 15 is 0 Å². The lowest BCUT2D eigenvalue weighted by Crippen LogP contribution is -2.18. The summed E-state index contributed by atoms with van der Waals surface area (Å²) in [5.41, 5.74) is -1.10. The first-order chi connectivity index (χ1) is 6.80. The molecule has 0 bridgehead atoms. The molecule has 0 heterocycles. The van der Waals surface area contributed by atoms with Crippen LogP contribution in [0.1, 0.15) is 6.92 Å². The molecule has 0 saturated heterocycles. The van der Waals surface area contributed by atoms with E-state index in [-0.39, 0.29) is 5.69 Å². The van der Waals surface area contributed by atoms with Crippen molar-refractivity contribution in [2.24, 2.45) is 4.99 Å². The van der Waals surface area contributed by atoms with Crippen molar-refractivity contribution in [3.8, 4) is 0 Å². The van der Waals surface area contributed by atoms with Crippen molar-refractivity contribution in [1.82, 2.24) is 0 Å². The van der Waals surface area contributed by atoms with Crippen molar-refractivity contribution in [1.29, 1.82) is 0 Å². The van der Waals surface area contributed by atoms with Crippen LogP contribution in [0.15, 0.2) is 27.7 Å². The maximum absolute atomic E-state index is 12.7. The molecule has 1 aromatic rings. The fraction of sp³-hybridized carbons (Fsp3) is 0.222. The highest BCUT2D eigenvalue weighted by Crippen LogP contribution is 2.28. The van der Waals surface area contributed by atoms with Crippen LogP contribution in [0.2, 0.25) is 0 Å². The smallest absolute Gasteiger partial charge is 0.247 e. The fourth-order valence-electron chi connectivity index (χ4n) is 0.816. The van der Waals surface area contributed by atoms with Gasteiger partial charge in [-0.15, -0.1) is 0 Å². The first kappa shape index (κ1) is 12.2. The molecule has 0 unspecified atom stereocenters. The molecule has 0 saturated carbocycles. The minimum absolute atomic E-state index is 0.0789. The number of nitrogens with zero attached hydrogens (tertiary/aromatic N) is 1. The van der Waals surface area contributed by atoms with E-state index in [0.717, 1.165) is 19.1 Å². The first-order valence-corrected chi connectivity index (χ1v) is 4.67. The Morgan fingerprint density at radius 2 is 1.93 bits per heavy atom. The highest BCUT2D eigenvalue weighted by Gasteiger charge is 2.32. The van der Waals surface area contributed by atoms with Crippen LogP contribution in [0, 0.1) is 5.82 Å². The molecule has 1 nitrogen and oxygen atoms in total. The summed E-state index contributed by atoms with van der Waals surface area (Å²) in [6, 6.07) is 3.36. The summed E-state index contributed by atoms with van der Waals surface area (Å²) in [4.78, 5) is 3.30. The van der Waals surface area contributed by atoms with Crippen LogP contribution in [0.4, 0.5) is 23.2 Å². The maximum atomic E-state index is 12.7. The van der Waals surface area contributed by atoms with Crippen molar-refractivity contribution in [3.05, 3.63) is 28.5 Å². The summed E-state index contributed by atoms with van der Waals surface area (Å²) in [6.07, 6.45) is -4.49. The molecule has 0 aromatic heterocycles. The lowest BCUT2D eigenvalue weighted by atomic mass is 10.3. The minimum Gasteiger partial charge on any atom is -0.247 e. The second-order valence-electron chi connectivity index (χ2n) is 2.79. The summed E-state index contributed by atoms with van der Waals surface area (Å²) in [6.45, 7) is 0.831. The summed E-state index contributed by atoms with van der Waals surface area (Å²) in [5, 5.41) is 0. The van der Waals surface area contributed by atoms with Gasteiger partial charge in [0.05, 0.1) is 5.69 Å². The predicted octanol–water partition coefficient (Wildman–Crippen LogP) is 4.24. The van der Waals surface area contributed by atoms with E-state index in [1.165, 1.54) is 6.07 Å². The van der Waals surface area contributed by atoms with Crippen LogP contribution in [0.25, 0.3) is 0 Å². The molecule has 0 aliphatic heterocycles. The molecular weight excluding hydrogens is 278 g/mol. The van der Waals surface area contributed by atoms with Gasteiger partial charge in [-0.25, -0.2) is 9.38 Å². The van der Waals surface area contributed by atoms with Crippen molar-refractivity contribution in [2.75, 3.05) is 0 Å². The van der Waals surface area contributed by atoms with Gasteiger partial charge in [-0.05, 0) is 35.0 Å². The van der Waals surface area contributed by atoms with Crippen molar-refractivity contribution in [3.63, 3.8) is 0 Å². The summed E-state index contributed by atoms with van der Waals surface area (Å²) in [7, 11) is 0. The molecule has 0 amide bonds. The van der Waals surface area contributed by atoms with Crippen molar-refractivity contribution >= 4 is 27.3 Å². The summed E-state index contributed by atoms with van der Waals surface area (Å²) < 4.78 is 49.4. The first-order valence-electron chi connectivity index (χ1n) is 3.88. The number of alkyl halides is 3. The van der Waals surface area contributed by atoms with E-state index in [9.17, 15) is 17.6 Å². The second-order valence-corrected chi connectivity index (χ2v) is 3.65. The highest BCUT2D eigenvalue weighted by atomic mass is 79.9. The van der Waals surface area contributed by atoms with Gasteiger partial charge in [0.2, 0.25) is 0 Å². The number of benzene rings is 1. The Morgan fingerprint density at radius 1 is 1.33 bits per heavy atom. The number of aliphatic imine (C=N–C) groups is 1. The van der Waals surface area contributed by atoms with Gasteiger partial charge in [-0.2, -0.15) is 13.2 Å². The molecule has 15 heavy (non-hydrogen) atoms. The van der Waals surface area contributed by atoms with Crippen LogP contribution in [0.3, 0.4) is 0 Å². The molecular formula is C9H6BrF4N. The molecule has 0 fully saturated rings. The van der Waals surface area contributed by atoms with Gasteiger partial charge in [0.25, 0.3) is 0 Å². The number of hydrogen-bond acceptors (Lipinski definition) is 1. The lowest BCUT2D eigenvalue weighted by molar-refractivity contribution is -0.0591. The summed E-state index contributed by atoms with van der Waals surface area (Å²) >= 11 is 2.98. The normalized spacial score (nSPS) is 13.1. The van der Waals surface area contributed by atoms with Crippen molar-refractivity contribution < 1.29 is 17.6 Å². The Hall–Kier alpha value is -0.910. The zero-order valence-electron chi connectivity index (χ0n) is 7.57. The Kier molecular flexibility index (Phi) is 3.49. The number of hydrogen-bond donors (Lipinski definition) is 0. The monoisotopic (exact) mass is 283 g/mol. The van der Waals surface area contributed by atoms with E-state index in [4.69, 9.17) is 0 Å². The zero-order chi connectivity index (χ0) is 11.6. The van der Waals surface area contributed by atoms with E-state index < -0.39 is 17.7 Å². The van der Waals surface area contributed by atoms with Gasteiger partial charge in [0, 0.05) is 10.5 Å². The molecule has 0 aliphatic rings. The van der Waals surface area contributed by atoms with Gasteiger partial charge in [0.15, 0.2) is 0 Å². The van der Waals surface area contributed by atoms with Gasteiger partial charge >= 0.3 is 6.18 Å². The SMILES string of the molecule is CC(=Nc1cc(F)ccc1Br)C(F)(F)F. The Balaban J connectivity index is 3.13. The zero-order valence-corrected chi connectivity index (χ0v) is 9.16. The van der Waals surface area contributed by atoms with Crippen LogP contribution < -0.4 is 0 Å². The molecule has 0 spiro atoms. The number of rotatable bonds is 1. The highest BCUT2D eigenvalue weighted by molar-refractivity contribution is 9.10. The third kappa shape index (κ3) is 3.30.